The van der Waals surface area contributed by atoms with Crippen molar-refractivity contribution in [3.05, 3.63) is 22.6 Å². The van der Waals surface area contributed by atoms with E-state index in [1.54, 1.807) is 13.0 Å². The number of aliphatic carboxylic acids is 1. The molecule has 122 valence electrons. The molecule has 0 saturated heterocycles. The number of likely N-dealkylation sites (N-methyl/N-ethyl adjacent to an activating group) is 1. The first-order valence-electron chi connectivity index (χ1n) is 6.79. The smallest absolute Gasteiger partial charge is 0.326 e. The summed E-state index contributed by atoms with van der Waals surface area (Å²) in [5.74, 6) is -2.19. The zero-order chi connectivity index (χ0) is 16.9. The van der Waals surface area contributed by atoms with Crippen LogP contribution in [0.5, 0.6) is 0 Å². The van der Waals surface area contributed by atoms with Gasteiger partial charge >= 0.3 is 5.97 Å². The van der Waals surface area contributed by atoms with Crippen molar-refractivity contribution in [2.24, 2.45) is 5.92 Å². The molecule has 0 unspecified atom stereocenters. The number of hydrogen-bond donors (Lipinski definition) is 2. The number of amides is 2. The Bertz CT molecular complexity index is 557. The van der Waals surface area contributed by atoms with Crippen LogP contribution in [-0.2, 0) is 9.59 Å². The van der Waals surface area contributed by atoms with E-state index in [-0.39, 0.29) is 18.2 Å². The normalized spacial score (nSPS) is 13.3. The number of carboxylic acid groups (broad SMARTS) is 1. The Kier molecular flexibility index (Phi) is 6.61. The zero-order valence-corrected chi connectivity index (χ0v) is 14.2. The van der Waals surface area contributed by atoms with Gasteiger partial charge in [-0.2, -0.15) is 0 Å². The van der Waals surface area contributed by atoms with Crippen molar-refractivity contribution >= 4 is 33.7 Å². The van der Waals surface area contributed by atoms with Gasteiger partial charge < -0.3 is 19.7 Å². The Labute approximate surface area is 136 Å². The van der Waals surface area contributed by atoms with E-state index in [4.69, 9.17) is 9.52 Å². The third-order valence-electron chi connectivity index (χ3n) is 3.31. The minimum absolute atomic E-state index is 0.0962. The van der Waals surface area contributed by atoms with Crippen molar-refractivity contribution in [1.82, 2.24) is 10.2 Å². The van der Waals surface area contributed by atoms with E-state index in [0.717, 1.165) is 4.90 Å². The van der Waals surface area contributed by atoms with E-state index in [2.05, 4.69) is 21.2 Å². The number of hydrogen-bond acceptors (Lipinski definition) is 4. The molecule has 1 aromatic rings. The fraction of sp³-hybridized carbons (Fsp3) is 0.500. The van der Waals surface area contributed by atoms with E-state index in [1.807, 2.05) is 6.92 Å². The molecule has 22 heavy (non-hydrogen) atoms. The summed E-state index contributed by atoms with van der Waals surface area (Å²) < 4.78 is 5.54. The van der Waals surface area contributed by atoms with Crippen molar-refractivity contribution in [3.63, 3.8) is 0 Å². The van der Waals surface area contributed by atoms with Gasteiger partial charge in [0.1, 0.15) is 6.04 Å². The van der Waals surface area contributed by atoms with E-state index in [1.165, 1.54) is 13.1 Å². The van der Waals surface area contributed by atoms with Crippen LogP contribution in [0.2, 0.25) is 0 Å². The van der Waals surface area contributed by atoms with Crippen LogP contribution in [0.15, 0.2) is 21.2 Å². The van der Waals surface area contributed by atoms with Crippen LogP contribution in [0.1, 0.15) is 30.8 Å². The molecular formula is C14H19BrN2O5. The molecule has 7 nitrogen and oxygen atoms in total. The molecule has 0 spiro atoms. The topological polar surface area (TPSA) is 99.9 Å². The molecule has 2 atom stereocenters. The number of carbonyl (C=O) groups excluding carboxylic acids is 2. The summed E-state index contributed by atoms with van der Waals surface area (Å²) in [5.41, 5.74) is 0. The van der Waals surface area contributed by atoms with Gasteiger partial charge in [0, 0.05) is 7.05 Å². The van der Waals surface area contributed by atoms with Gasteiger partial charge in [-0.25, -0.2) is 4.79 Å². The quantitative estimate of drug-likeness (QED) is 0.756. The maximum atomic E-state index is 12.0. The number of carboxylic acids is 1. The van der Waals surface area contributed by atoms with Crippen LogP contribution in [0.25, 0.3) is 0 Å². The van der Waals surface area contributed by atoms with Gasteiger partial charge in [0.2, 0.25) is 5.91 Å². The van der Waals surface area contributed by atoms with Crippen molar-refractivity contribution in [2.45, 2.75) is 26.3 Å². The lowest BCUT2D eigenvalue weighted by Crippen LogP contribution is -2.48. The first-order valence-corrected chi connectivity index (χ1v) is 7.58. The van der Waals surface area contributed by atoms with Gasteiger partial charge in [-0.15, -0.1) is 0 Å². The van der Waals surface area contributed by atoms with Gasteiger partial charge in [0.05, 0.1) is 6.54 Å². The van der Waals surface area contributed by atoms with Crippen molar-refractivity contribution in [2.75, 3.05) is 13.6 Å². The average molecular weight is 375 g/mol. The average Bonchev–Trinajstić information content (AvgIpc) is 2.89. The Hall–Kier alpha value is -1.83. The van der Waals surface area contributed by atoms with Gasteiger partial charge in [-0.1, -0.05) is 20.3 Å². The molecule has 1 heterocycles. The number of rotatable bonds is 7. The summed E-state index contributed by atoms with van der Waals surface area (Å²) in [6.45, 7) is 3.34. The SMILES string of the molecule is CC[C@H](C)[C@H](NC(=O)CN(C)C(=O)c1ccc(Br)o1)C(=O)O. The summed E-state index contributed by atoms with van der Waals surface area (Å²) in [7, 11) is 1.44. The number of carbonyl (C=O) groups is 3. The van der Waals surface area contributed by atoms with Crippen molar-refractivity contribution < 1.29 is 23.9 Å². The van der Waals surface area contributed by atoms with Crippen molar-refractivity contribution in [3.8, 4) is 0 Å². The first kappa shape index (κ1) is 18.2. The highest BCUT2D eigenvalue weighted by molar-refractivity contribution is 9.10. The number of furan rings is 1. The molecule has 0 aromatic carbocycles. The molecule has 0 aliphatic carbocycles. The maximum absolute atomic E-state index is 12.0. The second-order valence-electron chi connectivity index (χ2n) is 5.03. The van der Waals surface area contributed by atoms with Gasteiger partial charge in [0.25, 0.3) is 5.91 Å². The summed E-state index contributed by atoms with van der Waals surface area (Å²) in [6, 6.07) is 2.09. The molecule has 0 aliphatic rings. The lowest BCUT2D eigenvalue weighted by Gasteiger charge is -2.22. The minimum atomic E-state index is -1.09. The summed E-state index contributed by atoms with van der Waals surface area (Å²) in [5, 5.41) is 11.6. The Morgan fingerprint density at radius 2 is 2.05 bits per heavy atom. The molecule has 1 aromatic heterocycles. The first-order chi connectivity index (χ1) is 10.3. The van der Waals surface area contributed by atoms with Crippen molar-refractivity contribution in [1.29, 1.82) is 0 Å². The number of nitrogens with one attached hydrogen (secondary N) is 1. The second-order valence-corrected chi connectivity index (χ2v) is 5.82. The standard InChI is InChI=1S/C14H19BrN2O5/c1-4-8(2)12(14(20)21)16-11(18)7-17(3)13(19)9-5-6-10(15)22-9/h5-6,8,12H,4,7H2,1-3H3,(H,16,18)(H,20,21)/t8-,12-/m0/s1. The Morgan fingerprint density at radius 3 is 2.50 bits per heavy atom. The molecule has 0 saturated carbocycles. The van der Waals surface area contributed by atoms with E-state index >= 15 is 0 Å². The van der Waals surface area contributed by atoms with Crippen LogP contribution in [-0.4, -0.2) is 47.4 Å². The van der Waals surface area contributed by atoms with Crippen LogP contribution in [0.4, 0.5) is 0 Å². The summed E-state index contributed by atoms with van der Waals surface area (Å²) in [6.07, 6.45) is 0.617. The third-order valence-corrected chi connectivity index (χ3v) is 3.73. The molecular weight excluding hydrogens is 356 g/mol. The van der Waals surface area contributed by atoms with Crippen LogP contribution >= 0.6 is 15.9 Å². The second kappa shape index (κ2) is 7.98. The Morgan fingerprint density at radius 1 is 1.41 bits per heavy atom. The monoisotopic (exact) mass is 374 g/mol. The molecule has 0 radical (unpaired) electrons. The highest BCUT2D eigenvalue weighted by Gasteiger charge is 2.26. The highest BCUT2D eigenvalue weighted by atomic mass is 79.9. The molecule has 0 aliphatic heterocycles. The molecule has 2 N–H and O–H groups in total. The maximum Gasteiger partial charge on any atom is 0.326 e. The van der Waals surface area contributed by atoms with E-state index in [9.17, 15) is 14.4 Å². The predicted molar refractivity (Wildman–Crippen MR) is 82.4 cm³/mol. The predicted octanol–water partition coefficient (Wildman–Crippen LogP) is 1.73. The molecule has 2 amide bonds. The van der Waals surface area contributed by atoms with E-state index < -0.39 is 23.8 Å². The molecule has 8 heteroatoms. The summed E-state index contributed by atoms with van der Waals surface area (Å²) >= 11 is 3.09. The fourth-order valence-electron chi connectivity index (χ4n) is 1.81. The fourth-order valence-corrected chi connectivity index (χ4v) is 2.11. The molecule has 1 rings (SSSR count). The van der Waals surface area contributed by atoms with Gasteiger partial charge in [-0.3, -0.25) is 9.59 Å². The van der Waals surface area contributed by atoms with Crippen LogP contribution < -0.4 is 5.32 Å². The zero-order valence-electron chi connectivity index (χ0n) is 12.6. The van der Waals surface area contributed by atoms with Crippen LogP contribution in [0, 0.1) is 5.92 Å². The summed E-state index contributed by atoms with van der Waals surface area (Å²) in [4.78, 5) is 36.3. The lowest BCUT2D eigenvalue weighted by atomic mass is 9.99. The minimum Gasteiger partial charge on any atom is -0.480 e. The molecule has 0 bridgehead atoms. The van der Waals surface area contributed by atoms with E-state index in [0.29, 0.717) is 11.1 Å². The van der Waals surface area contributed by atoms with Gasteiger partial charge in [-0.05, 0) is 34.0 Å². The lowest BCUT2D eigenvalue weighted by molar-refractivity contribution is -0.143. The van der Waals surface area contributed by atoms with Gasteiger partial charge in [0.15, 0.2) is 10.4 Å². The largest absolute Gasteiger partial charge is 0.480 e. The Balaban J connectivity index is 2.63. The molecule has 0 fully saturated rings. The highest BCUT2D eigenvalue weighted by Crippen LogP contribution is 2.15. The van der Waals surface area contributed by atoms with Crippen LogP contribution in [0.3, 0.4) is 0 Å². The number of halogens is 1. The number of nitrogens with zero attached hydrogens (tertiary/aromatic N) is 1. The third kappa shape index (κ3) is 4.87.